The number of primary amides is 1. The molecule has 20 heavy (non-hydrogen) atoms. The van der Waals surface area contributed by atoms with Gasteiger partial charge in [0.15, 0.2) is 0 Å². The lowest BCUT2D eigenvalue weighted by Gasteiger charge is -2.12. The quantitative estimate of drug-likeness (QED) is 0.478. The molecule has 2 amide bonds. The van der Waals surface area contributed by atoms with Crippen LogP contribution in [0.4, 0.5) is 5.69 Å². The van der Waals surface area contributed by atoms with E-state index < -0.39 is 35.2 Å². The number of hydrogen-bond acceptors (Lipinski definition) is 5. The maximum absolute atomic E-state index is 11.7. The van der Waals surface area contributed by atoms with E-state index in [1.807, 2.05) is 0 Å². The summed E-state index contributed by atoms with van der Waals surface area (Å²) in [6.07, 6.45) is -0.548. The number of carboxylic acid groups (broad SMARTS) is 1. The van der Waals surface area contributed by atoms with Crippen LogP contribution in [-0.2, 0) is 9.59 Å². The number of nitro benzene ring substituents is 1. The van der Waals surface area contributed by atoms with Crippen molar-refractivity contribution in [2.75, 3.05) is 0 Å². The zero-order valence-corrected chi connectivity index (χ0v) is 10.1. The van der Waals surface area contributed by atoms with Crippen molar-refractivity contribution in [3.8, 4) is 0 Å². The van der Waals surface area contributed by atoms with Crippen molar-refractivity contribution in [3.63, 3.8) is 0 Å². The number of amides is 2. The van der Waals surface area contributed by atoms with Crippen LogP contribution >= 0.6 is 0 Å². The summed E-state index contributed by atoms with van der Waals surface area (Å²) in [5, 5.41) is 21.4. The van der Waals surface area contributed by atoms with Gasteiger partial charge < -0.3 is 16.2 Å². The second-order valence-corrected chi connectivity index (χ2v) is 3.84. The molecule has 9 heteroatoms. The van der Waals surface area contributed by atoms with E-state index in [1.54, 1.807) is 0 Å². The van der Waals surface area contributed by atoms with Crippen molar-refractivity contribution in [1.29, 1.82) is 0 Å². The van der Waals surface area contributed by atoms with E-state index in [1.165, 1.54) is 12.1 Å². The van der Waals surface area contributed by atoms with E-state index in [2.05, 4.69) is 5.32 Å². The Morgan fingerprint density at radius 3 is 2.25 bits per heavy atom. The summed E-state index contributed by atoms with van der Waals surface area (Å²) in [4.78, 5) is 43.1. The van der Waals surface area contributed by atoms with Crippen LogP contribution in [-0.4, -0.2) is 33.9 Å². The van der Waals surface area contributed by atoms with Gasteiger partial charge in [0.25, 0.3) is 11.6 Å². The largest absolute Gasteiger partial charge is 0.480 e. The molecule has 0 aliphatic carbocycles. The third-order valence-corrected chi connectivity index (χ3v) is 2.35. The van der Waals surface area contributed by atoms with Crippen molar-refractivity contribution < 1.29 is 24.4 Å². The fourth-order valence-corrected chi connectivity index (χ4v) is 1.38. The molecule has 0 fully saturated rings. The molecule has 0 radical (unpaired) electrons. The first-order valence-corrected chi connectivity index (χ1v) is 5.37. The molecule has 0 saturated heterocycles. The van der Waals surface area contributed by atoms with Gasteiger partial charge in [0.2, 0.25) is 5.91 Å². The minimum atomic E-state index is -1.45. The van der Waals surface area contributed by atoms with Gasteiger partial charge in [-0.3, -0.25) is 19.7 Å². The standard InChI is InChI=1S/C11H11N3O6/c12-9(15)5-8(11(17)18)13-10(16)6-1-3-7(4-2-6)14(19)20/h1-4,8H,5H2,(H2,12,15)(H,13,16)(H,17,18)/t8-/m1/s1. The second kappa shape index (κ2) is 6.27. The molecule has 1 atom stereocenters. The van der Waals surface area contributed by atoms with Gasteiger partial charge in [0.05, 0.1) is 11.3 Å². The summed E-state index contributed by atoms with van der Waals surface area (Å²) in [6.45, 7) is 0. The first-order chi connectivity index (χ1) is 9.31. The Kier molecular flexibility index (Phi) is 4.73. The van der Waals surface area contributed by atoms with E-state index in [4.69, 9.17) is 10.8 Å². The number of carboxylic acids is 1. The lowest BCUT2D eigenvalue weighted by molar-refractivity contribution is -0.384. The SMILES string of the molecule is NC(=O)C[C@@H](NC(=O)c1ccc([N+](=O)[O-])cc1)C(=O)O. The first kappa shape index (κ1) is 15.1. The Bertz CT molecular complexity index is 554. The Morgan fingerprint density at radius 1 is 1.30 bits per heavy atom. The number of aliphatic carboxylic acids is 1. The van der Waals surface area contributed by atoms with Gasteiger partial charge in [-0.1, -0.05) is 0 Å². The number of nitrogens with two attached hydrogens (primary N) is 1. The number of nitrogens with zero attached hydrogens (tertiary/aromatic N) is 1. The Balaban J connectivity index is 2.80. The molecule has 0 saturated carbocycles. The van der Waals surface area contributed by atoms with Crippen molar-refractivity contribution in [2.45, 2.75) is 12.5 Å². The van der Waals surface area contributed by atoms with Crippen LogP contribution in [0.15, 0.2) is 24.3 Å². The van der Waals surface area contributed by atoms with Gasteiger partial charge in [-0.05, 0) is 12.1 Å². The lowest BCUT2D eigenvalue weighted by atomic mass is 10.1. The van der Waals surface area contributed by atoms with E-state index >= 15 is 0 Å². The summed E-state index contributed by atoms with van der Waals surface area (Å²) >= 11 is 0. The van der Waals surface area contributed by atoms with Gasteiger partial charge >= 0.3 is 5.97 Å². The monoisotopic (exact) mass is 281 g/mol. The molecule has 4 N–H and O–H groups in total. The van der Waals surface area contributed by atoms with Crippen LogP contribution in [0.1, 0.15) is 16.8 Å². The number of carbonyl (C=O) groups excluding carboxylic acids is 2. The number of hydrogen-bond donors (Lipinski definition) is 3. The van der Waals surface area contributed by atoms with Gasteiger partial charge in [0.1, 0.15) is 6.04 Å². The van der Waals surface area contributed by atoms with Crippen LogP contribution in [0, 0.1) is 10.1 Å². The molecular formula is C11H11N3O6. The van der Waals surface area contributed by atoms with Crippen LogP contribution < -0.4 is 11.1 Å². The zero-order valence-electron chi connectivity index (χ0n) is 10.1. The van der Waals surface area contributed by atoms with Crippen molar-refractivity contribution in [3.05, 3.63) is 39.9 Å². The minimum Gasteiger partial charge on any atom is -0.480 e. The van der Waals surface area contributed by atoms with Crippen molar-refractivity contribution in [1.82, 2.24) is 5.32 Å². The highest BCUT2D eigenvalue weighted by atomic mass is 16.6. The molecule has 0 aliphatic heterocycles. The Hall–Kier alpha value is -2.97. The Labute approximate surface area is 112 Å². The highest BCUT2D eigenvalue weighted by molar-refractivity contribution is 5.97. The number of non-ortho nitro benzene ring substituents is 1. The number of nitro groups is 1. The molecule has 1 rings (SSSR count). The maximum Gasteiger partial charge on any atom is 0.326 e. The average molecular weight is 281 g/mol. The van der Waals surface area contributed by atoms with Crippen LogP contribution in [0.25, 0.3) is 0 Å². The highest BCUT2D eigenvalue weighted by Gasteiger charge is 2.22. The topological polar surface area (TPSA) is 153 Å². The Morgan fingerprint density at radius 2 is 1.85 bits per heavy atom. The summed E-state index contributed by atoms with van der Waals surface area (Å²) in [7, 11) is 0. The predicted octanol–water partition coefficient (Wildman–Crippen LogP) is -0.347. The molecule has 9 nitrogen and oxygen atoms in total. The molecular weight excluding hydrogens is 270 g/mol. The first-order valence-electron chi connectivity index (χ1n) is 5.37. The molecule has 1 aromatic rings. The normalized spacial score (nSPS) is 11.4. The predicted molar refractivity (Wildman–Crippen MR) is 65.8 cm³/mol. The second-order valence-electron chi connectivity index (χ2n) is 3.84. The number of rotatable bonds is 6. The van der Waals surface area contributed by atoms with Gasteiger partial charge in [-0.25, -0.2) is 4.79 Å². The molecule has 106 valence electrons. The van der Waals surface area contributed by atoms with Gasteiger partial charge in [-0.15, -0.1) is 0 Å². The third-order valence-electron chi connectivity index (χ3n) is 2.35. The highest BCUT2D eigenvalue weighted by Crippen LogP contribution is 2.12. The van der Waals surface area contributed by atoms with E-state index in [-0.39, 0.29) is 11.3 Å². The molecule has 0 heterocycles. The van der Waals surface area contributed by atoms with E-state index in [0.717, 1.165) is 12.1 Å². The number of carbonyl (C=O) groups is 3. The molecule has 0 unspecified atom stereocenters. The van der Waals surface area contributed by atoms with E-state index in [0.29, 0.717) is 0 Å². The summed E-state index contributed by atoms with van der Waals surface area (Å²) < 4.78 is 0. The van der Waals surface area contributed by atoms with Crippen LogP contribution in [0.5, 0.6) is 0 Å². The fourth-order valence-electron chi connectivity index (χ4n) is 1.38. The number of benzene rings is 1. The van der Waals surface area contributed by atoms with Crippen LogP contribution in [0.3, 0.4) is 0 Å². The third kappa shape index (κ3) is 4.05. The number of nitrogens with one attached hydrogen (secondary N) is 1. The molecule has 0 bridgehead atoms. The van der Waals surface area contributed by atoms with Crippen LogP contribution in [0.2, 0.25) is 0 Å². The summed E-state index contributed by atoms with van der Waals surface area (Å²) in [6, 6.07) is 3.13. The van der Waals surface area contributed by atoms with Crippen molar-refractivity contribution >= 4 is 23.5 Å². The molecule has 1 aromatic carbocycles. The smallest absolute Gasteiger partial charge is 0.326 e. The van der Waals surface area contributed by atoms with Crippen molar-refractivity contribution in [2.24, 2.45) is 5.73 Å². The molecule has 0 aliphatic rings. The van der Waals surface area contributed by atoms with E-state index in [9.17, 15) is 24.5 Å². The summed E-state index contributed by atoms with van der Waals surface area (Å²) in [5.74, 6) is -3.05. The summed E-state index contributed by atoms with van der Waals surface area (Å²) in [5.41, 5.74) is 4.70. The van der Waals surface area contributed by atoms with Gasteiger partial charge in [0, 0.05) is 17.7 Å². The minimum absolute atomic E-state index is 0.0336. The average Bonchev–Trinajstić information content (AvgIpc) is 2.37. The van der Waals surface area contributed by atoms with Gasteiger partial charge in [-0.2, -0.15) is 0 Å². The maximum atomic E-state index is 11.7. The lowest BCUT2D eigenvalue weighted by Crippen LogP contribution is -2.43. The fraction of sp³-hybridized carbons (Fsp3) is 0.182. The molecule has 0 spiro atoms. The molecule has 0 aromatic heterocycles. The zero-order chi connectivity index (χ0) is 15.3.